The minimum absolute atomic E-state index is 0.195. The molecule has 2 unspecified atom stereocenters. The van der Waals surface area contributed by atoms with Crippen molar-refractivity contribution in [2.24, 2.45) is 5.73 Å². The Morgan fingerprint density at radius 1 is 1.28 bits per heavy atom. The van der Waals surface area contributed by atoms with Crippen molar-refractivity contribution in [1.29, 1.82) is 0 Å². The smallest absolute Gasteiger partial charge is 0.0412 e. The Hall–Kier alpha value is -0.540. The Balaban J connectivity index is 3.13. The third-order valence-corrected chi connectivity index (χ3v) is 3.86. The lowest BCUT2D eigenvalue weighted by Gasteiger charge is -2.32. The van der Waals surface area contributed by atoms with Crippen LogP contribution < -0.4 is 10.6 Å². The van der Waals surface area contributed by atoms with Crippen LogP contribution in [0.3, 0.4) is 0 Å². The number of rotatable bonds is 6. The van der Waals surface area contributed by atoms with Crippen molar-refractivity contribution in [2.75, 3.05) is 11.4 Å². The van der Waals surface area contributed by atoms with E-state index in [-0.39, 0.29) is 6.04 Å². The molecule has 0 amide bonds. The van der Waals surface area contributed by atoms with Gasteiger partial charge in [0.25, 0.3) is 0 Å². The number of hydrogen-bond acceptors (Lipinski definition) is 2. The molecule has 0 bridgehead atoms. The summed E-state index contributed by atoms with van der Waals surface area (Å²) in [6.45, 7) is 9.81. The summed E-state index contributed by atoms with van der Waals surface area (Å²) in [6.07, 6.45) is 2.08. The number of anilines is 1. The minimum Gasteiger partial charge on any atom is -0.369 e. The molecule has 2 nitrogen and oxygen atoms in total. The molecule has 0 aromatic heterocycles. The monoisotopic (exact) mass is 312 g/mol. The molecule has 2 N–H and O–H groups in total. The molecule has 2 atom stereocenters. The highest BCUT2D eigenvalue weighted by Crippen LogP contribution is 2.28. The van der Waals surface area contributed by atoms with Gasteiger partial charge >= 0.3 is 0 Å². The lowest BCUT2D eigenvalue weighted by molar-refractivity contribution is 0.624. The molecule has 102 valence electrons. The Bertz CT molecular complexity index is 377. The van der Waals surface area contributed by atoms with Crippen LogP contribution in [0, 0.1) is 0 Å². The van der Waals surface area contributed by atoms with Gasteiger partial charge in [-0.3, -0.25) is 0 Å². The average molecular weight is 313 g/mol. The maximum absolute atomic E-state index is 5.95. The molecule has 0 fully saturated rings. The van der Waals surface area contributed by atoms with Crippen LogP contribution in [0.4, 0.5) is 5.69 Å². The van der Waals surface area contributed by atoms with Crippen molar-refractivity contribution in [1.82, 2.24) is 0 Å². The number of halogens is 1. The first-order chi connectivity index (χ1) is 8.49. The van der Waals surface area contributed by atoms with Crippen molar-refractivity contribution in [3.05, 3.63) is 28.2 Å². The Kier molecular flexibility index (Phi) is 6.16. The van der Waals surface area contributed by atoms with Crippen LogP contribution in [0.15, 0.2) is 22.7 Å². The molecule has 0 saturated carbocycles. The van der Waals surface area contributed by atoms with Gasteiger partial charge in [0.2, 0.25) is 0 Å². The molecule has 1 rings (SSSR count). The van der Waals surface area contributed by atoms with E-state index in [1.165, 1.54) is 11.3 Å². The van der Waals surface area contributed by atoms with E-state index in [0.717, 1.165) is 23.9 Å². The highest BCUT2D eigenvalue weighted by atomic mass is 79.9. The lowest BCUT2D eigenvalue weighted by atomic mass is 10.0. The van der Waals surface area contributed by atoms with E-state index >= 15 is 0 Å². The molecule has 3 heteroatoms. The summed E-state index contributed by atoms with van der Waals surface area (Å²) < 4.78 is 1.13. The molecule has 18 heavy (non-hydrogen) atoms. The van der Waals surface area contributed by atoms with E-state index in [4.69, 9.17) is 5.73 Å². The summed E-state index contributed by atoms with van der Waals surface area (Å²) in [6, 6.07) is 7.25. The van der Waals surface area contributed by atoms with Crippen molar-refractivity contribution in [2.45, 2.75) is 52.6 Å². The maximum atomic E-state index is 5.95. The highest BCUT2D eigenvalue weighted by Gasteiger charge is 2.15. The quantitative estimate of drug-likeness (QED) is 0.861. The second-order valence-electron chi connectivity index (χ2n) is 5.00. The van der Waals surface area contributed by atoms with Crippen LogP contribution in [-0.2, 0) is 6.42 Å². The van der Waals surface area contributed by atoms with E-state index < -0.39 is 0 Å². The zero-order valence-electron chi connectivity index (χ0n) is 11.9. The van der Waals surface area contributed by atoms with Gasteiger partial charge in [-0.1, -0.05) is 28.9 Å². The molecule has 0 aliphatic heterocycles. The van der Waals surface area contributed by atoms with E-state index in [1.54, 1.807) is 0 Å². The maximum Gasteiger partial charge on any atom is 0.0412 e. The SMILES string of the molecule is CCC(C)N(CC)c1cc(Br)ccc1CC(C)N. The highest BCUT2D eigenvalue weighted by molar-refractivity contribution is 9.10. The predicted octanol–water partition coefficient (Wildman–Crippen LogP) is 3.96. The molecule has 0 saturated heterocycles. The first-order valence-corrected chi connectivity index (χ1v) is 7.59. The third kappa shape index (κ3) is 3.99. The van der Waals surface area contributed by atoms with E-state index in [2.05, 4.69) is 66.7 Å². The summed E-state index contributed by atoms with van der Waals surface area (Å²) in [5.74, 6) is 0. The number of nitrogens with two attached hydrogens (primary N) is 1. The fraction of sp³-hybridized carbons (Fsp3) is 0.600. The number of benzene rings is 1. The molecule has 1 aromatic carbocycles. The topological polar surface area (TPSA) is 29.3 Å². The van der Waals surface area contributed by atoms with E-state index in [0.29, 0.717) is 6.04 Å². The Morgan fingerprint density at radius 3 is 2.44 bits per heavy atom. The number of hydrogen-bond donors (Lipinski definition) is 1. The first kappa shape index (κ1) is 15.5. The lowest BCUT2D eigenvalue weighted by Crippen LogP contribution is -2.33. The summed E-state index contributed by atoms with van der Waals surface area (Å²) in [5.41, 5.74) is 8.61. The van der Waals surface area contributed by atoms with E-state index in [9.17, 15) is 0 Å². The zero-order chi connectivity index (χ0) is 13.7. The van der Waals surface area contributed by atoms with Crippen LogP contribution >= 0.6 is 15.9 Å². The molecule has 0 spiro atoms. The molecular weight excluding hydrogens is 288 g/mol. The fourth-order valence-electron chi connectivity index (χ4n) is 2.26. The average Bonchev–Trinajstić information content (AvgIpc) is 2.32. The van der Waals surface area contributed by atoms with Crippen molar-refractivity contribution < 1.29 is 0 Å². The van der Waals surface area contributed by atoms with Gasteiger partial charge in [-0.15, -0.1) is 0 Å². The largest absolute Gasteiger partial charge is 0.369 e. The van der Waals surface area contributed by atoms with Gasteiger partial charge in [-0.05, 0) is 51.3 Å². The fourth-order valence-corrected chi connectivity index (χ4v) is 2.61. The van der Waals surface area contributed by atoms with Gasteiger partial charge in [0.05, 0.1) is 0 Å². The summed E-state index contributed by atoms with van der Waals surface area (Å²) in [7, 11) is 0. The van der Waals surface area contributed by atoms with Gasteiger partial charge in [-0.2, -0.15) is 0 Å². The third-order valence-electron chi connectivity index (χ3n) is 3.36. The van der Waals surface area contributed by atoms with Gasteiger partial charge in [-0.25, -0.2) is 0 Å². The van der Waals surface area contributed by atoms with Gasteiger partial charge < -0.3 is 10.6 Å². The van der Waals surface area contributed by atoms with Crippen LogP contribution in [0.2, 0.25) is 0 Å². The second-order valence-corrected chi connectivity index (χ2v) is 5.91. The molecule has 0 heterocycles. The standard InChI is InChI=1S/C15H25BrN2/c1-5-12(4)18(6-2)15-10-14(16)8-7-13(15)9-11(3)17/h7-8,10-12H,5-6,9,17H2,1-4H3. The summed E-state index contributed by atoms with van der Waals surface area (Å²) in [5, 5.41) is 0. The first-order valence-electron chi connectivity index (χ1n) is 6.80. The van der Waals surface area contributed by atoms with Crippen LogP contribution in [0.5, 0.6) is 0 Å². The predicted molar refractivity (Wildman–Crippen MR) is 84.3 cm³/mol. The molecule has 1 aromatic rings. The summed E-state index contributed by atoms with van der Waals surface area (Å²) >= 11 is 3.57. The molecule has 0 aliphatic carbocycles. The van der Waals surface area contributed by atoms with Gasteiger partial charge in [0, 0.05) is 28.8 Å². The molecular formula is C15H25BrN2. The number of nitrogens with zero attached hydrogens (tertiary/aromatic N) is 1. The molecule has 0 aliphatic rings. The van der Waals surface area contributed by atoms with E-state index in [1.807, 2.05) is 0 Å². The summed E-state index contributed by atoms with van der Waals surface area (Å²) in [4.78, 5) is 2.46. The van der Waals surface area contributed by atoms with Crippen LogP contribution in [-0.4, -0.2) is 18.6 Å². The van der Waals surface area contributed by atoms with Crippen molar-refractivity contribution >= 4 is 21.6 Å². The Labute approximate surface area is 120 Å². The normalized spacial score (nSPS) is 14.3. The van der Waals surface area contributed by atoms with Crippen LogP contribution in [0.25, 0.3) is 0 Å². The van der Waals surface area contributed by atoms with Gasteiger partial charge in [0.1, 0.15) is 0 Å². The van der Waals surface area contributed by atoms with Gasteiger partial charge in [0.15, 0.2) is 0 Å². The minimum atomic E-state index is 0.195. The Morgan fingerprint density at radius 2 is 1.94 bits per heavy atom. The van der Waals surface area contributed by atoms with Crippen LogP contribution in [0.1, 0.15) is 39.7 Å². The van der Waals surface area contributed by atoms with Crippen molar-refractivity contribution in [3.8, 4) is 0 Å². The second kappa shape index (κ2) is 7.15. The molecule has 0 radical (unpaired) electrons. The van der Waals surface area contributed by atoms with Crippen molar-refractivity contribution in [3.63, 3.8) is 0 Å². The zero-order valence-corrected chi connectivity index (χ0v) is 13.5.